The van der Waals surface area contributed by atoms with Gasteiger partial charge < -0.3 is 5.73 Å². The molecule has 1 aromatic carbocycles. The SMILES string of the molecule is CCC(NS(=O)(=O)c1cccc(N)c1C)C1CCCCC1. The minimum Gasteiger partial charge on any atom is -0.398 e. The van der Waals surface area contributed by atoms with E-state index in [0.717, 1.165) is 19.3 Å². The quantitative estimate of drug-likeness (QED) is 0.820. The van der Waals surface area contributed by atoms with Crippen LogP contribution in [0, 0.1) is 12.8 Å². The third-order valence-electron chi connectivity index (χ3n) is 4.58. The molecule has 118 valence electrons. The molecule has 1 aromatic rings. The number of rotatable bonds is 5. The van der Waals surface area contributed by atoms with Crippen molar-refractivity contribution >= 4 is 15.7 Å². The Balaban J connectivity index is 2.20. The predicted octanol–water partition coefficient (Wildman–Crippen LogP) is 3.21. The lowest BCUT2D eigenvalue weighted by Gasteiger charge is -2.30. The lowest BCUT2D eigenvalue weighted by molar-refractivity contribution is 0.285. The summed E-state index contributed by atoms with van der Waals surface area (Å²) >= 11 is 0. The van der Waals surface area contributed by atoms with Crippen LogP contribution in [0.15, 0.2) is 23.1 Å². The summed E-state index contributed by atoms with van der Waals surface area (Å²) in [6.07, 6.45) is 6.76. The topological polar surface area (TPSA) is 72.2 Å². The number of hydrogen-bond acceptors (Lipinski definition) is 3. The molecule has 0 aliphatic heterocycles. The van der Waals surface area contributed by atoms with Crippen LogP contribution in [0.25, 0.3) is 0 Å². The van der Waals surface area contributed by atoms with Crippen molar-refractivity contribution in [3.05, 3.63) is 23.8 Å². The molecule has 21 heavy (non-hydrogen) atoms. The number of nitrogens with one attached hydrogen (secondary N) is 1. The van der Waals surface area contributed by atoms with E-state index in [1.165, 1.54) is 19.3 Å². The van der Waals surface area contributed by atoms with Crippen LogP contribution in [0.4, 0.5) is 5.69 Å². The normalized spacial score (nSPS) is 18.6. The lowest BCUT2D eigenvalue weighted by Crippen LogP contribution is -2.40. The molecule has 4 nitrogen and oxygen atoms in total. The van der Waals surface area contributed by atoms with E-state index in [1.54, 1.807) is 25.1 Å². The maximum absolute atomic E-state index is 12.7. The monoisotopic (exact) mass is 310 g/mol. The molecule has 2 rings (SSSR count). The Hall–Kier alpha value is -1.07. The first-order valence-electron chi connectivity index (χ1n) is 7.83. The van der Waals surface area contributed by atoms with Crippen molar-refractivity contribution < 1.29 is 8.42 Å². The van der Waals surface area contributed by atoms with E-state index in [2.05, 4.69) is 4.72 Å². The van der Waals surface area contributed by atoms with Crippen molar-refractivity contribution in [3.63, 3.8) is 0 Å². The number of nitrogen functional groups attached to an aromatic ring is 1. The molecule has 5 heteroatoms. The Morgan fingerprint density at radius 1 is 1.29 bits per heavy atom. The smallest absolute Gasteiger partial charge is 0.241 e. The van der Waals surface area contributed by atoms with Crippen LogP contribution in [0.3, 0.4) is 0 Å². The summed E-state index contributed by atoms with van der Waals surface area (Å²) in [6, 6.07) is 5.07. The van der Waals surface area contributed by atoms with Gasteiger partial charge in [-0.15, -0.1) is 0 Å². The largest absolute Gasteiger partial charge is 0.398 e. The Labute approximate surface area is 128 Å². The number of benzene rings is 1. The Bertz CT molecular complexity index is 578. The van der Waals surface area contributed by atoms with Gasteiger partial charge in [-0.1, -0.05) is 32.3 Å². The maximum Gasteiger partial charge on any atom is 0.241 e. The molecule has 1 fully saturated rings. The number of sulfonamides is 1. The zero-order valence-corrected chi connectivity index (χ0v) is 13.7. The minimum absolute atomic E-state index is 0.0242. The fourth-order valence-electron chi connectivity index (χ4n) is 3.23. The molecule has 0 saturated heterocycles. The summed E-state index contributed by atoms with van der Waals surface area (Å²) < 4.78 is 28.2. The molecule has 0 bridgehead atoms. The highest BCUT2D eigenvalue weighted by Gasteiger charge is 2.28. The van der Waals surface area contributed by atoms with Gasteiger partial charge in [0.05, 0.1) is 4.90 Å². The third kappa shape index (κ3) is 3.77. The van der Waals surface area contributed by atoms with Crippen LogP contribution >= 0.6 is 0 Å². The molecule has 1 unspecified atom stereocenters. The van der Waals surface area contributed by atoms with Crippen LogP contribution in [-0.4, -0.2) is 14.5 Å². The molecule has 1 atom stereocenters. The molecule has 1 saturated carbocycles. The molecule has 0 aromatic heterocycles. The van der Waals surface area contributed by atoms with Gasteiger partial charge in [0.25, 0.3) is 0 Å². The predicted molar refractivity (Wildman–Crippen MR) is 86.6 cm³/mol. The number of anilines is 1. The molecule has 1 aliphatic rings. The Morgan fingerprint density at radius 2 is 1.95 bits per heavy atom. The molecular formula is C16H26N2O2S. The zero-order valence-electron chi connectivity index (χ0n) is 12.9. The van der Waals surface area contributed by atoms with Crippen molar-refractivity contribution in [2.45, 2.75) is 63.3 Å². The third-order valence-corrected chi connectivity index (χ3v) is 6.22. The van der Waals surface area contributed by atoms with E-state index in [1.807, 2.05) is 6.92 Å². The standard InChI is InChI=1S/C16H26N2O2S/c1-3-15(13-8-5-4-6-9-13)18-21(19,20)16-11-7-10-14(17)12(16)2/h7,10-11,13,15,18H,3-6,8-9,17H2,1-2H3. The second-order valence-electron chi connectivity index (χ2n) is 6.00. The average molecular weight is 310 g/mol. The van der Waals surface area contributed by atoms with Crippen LogP contribution in [0.1, 0.15) is 51.0 Å². The lowest BCUT2D eigenvalue weighted by atomic mass is 9.83. The van der Waals surface area contributed by atoms with Crippen LogP contribution in [-0.2, 0) is 10.0 Å². The van der Waals surface area contributed by atoms with E-state index in [-0.39, 0.29) is 6.04 Å². The summed E-state index contributed by atoms with van der Waals surface area (Å²) in [5, 5.41) is 0. The van der Waals surface area contributed by atoms with Gasteiger partial charge in [-0.3, -0.25) is 0 Å². The molecule has 0 heterocycles. The highest BCUT2D eigenvalue weighted by atomic mass is 32.2. The van der Waals surface area contributed by atoms with E-state index < -0.39 is 10.0 Å². The van der Waals surface area contributed by atoms with Crippen LogP contribution in [0.2, 0.25) is 0 Å². The van der Waals surface area contributed by atoms with Crippen molar-refractivity contribution in [1.82, 2.24) is 4.72 Å². The van der Waals surface area contributed by atoms with Gasteiger partial charge in [-0.05, 0) is 49.8 Å². The highest BCUT2D eigenvalue weighted by molar-refractivity contribution is 7.89. The summed E-state index contributed by atoms with van der Waals surface area (Å²) in [4.78, 5) is 0.303. The van der Waals surface area contributed by atoms with Gasteiger partial charge in [0.2, 0.25) is 10.0 Å². The summed E-state index contributed by atoms with van der Waals surface area (Å²) in [7, 11) is -3.50. The molecule has 0 amide bonds. The highest BCUT2D eigenvalue weighted by Crippen LogP contribution is 2.29. The molecule has 0 spiro atoms. The van der Waals surface area contributed by atoms with Crippen molar-refractivity contribution in [3.8, 4) is 0 Å². The molecule has 3 N–H and O–H groups in total. The number of nitrogens with two attached hydrogens (primary N) is 1. The fraction of sp³-hybridized carbons (Fsp3) is 0.625. The summed E-state index contributed by atoms with van der Waals surface area (Å²) in [5.74, 6) is 0.458. The van der Waals surface area contributed by atoms with Crippen molar-refractivity contribution in [2.75, 3.05) is 5.73 Å². The first-order chi connectivity index (χ1) is 9.95. The first-order valence-corrected chi connectivity index (χ1v) is 9.31. The van der Waals surface area contributed by atoms with Crippen molar-refractivity contribution in [1.29, 1.82) is 0 Å². The molecule has 1 aliphatic carbocycles. The zero-order chi connectivity index (χ0) is 15.5. The van der Waals surface area contributed by atoms with Gasteiger partial charge >= 0.3 is 0 Å². The van der Waals surface area contributed by atoms with E-state index in [4.69, 9.17) is 5.73 Å². The summed E-state index contributed by atoms with van der Waals surface area (Å²) in [6.45, 7) is 3.81. The summed E-state index contributed by atoms with van der Waals surface area (Å²) in [5.41, 5.74) is 6.98. The van der Waals surface area contributed by atoms with Gasteiger partial charge in [-0.25, -0.2) is 13.1 Å². The van der Waals surface area contributed by atoms with E-state index >= 15 is 0 Å². The van der Waals surface area contributed by atoms with Gasteiger partial charge in [0.15, 0.2) is 0 Å². The Kier molecular flexibility index (Phi) is 5.27. The second-order valence-corrected chi connectivity index (χ2v) is 7.69. The number of hydrogen-bond donors (Lipinski definition) is 2. The Morgan fingerprint density at radius 3 is 2.57 bits per heavy atom. The van der Waals surface area contributed by atoms with Gasteiger partial charge in [0, 0.05) is 11.7 Å². The van der Waals surface area contributed by atoms with Crippen molar-refractivity contribution in [2.24, 2.45) is 5.92 Å². The molecular weight excluding hydrogens is 284 g/mol. The average Bonchev–Trinajstić information content (AvgIpc) is 2.48. The first kappa shape index (κ1) is 16.3. The second kappa shape index (κ2) is 6.79. The van der Waals surface area contributed by atoms with E-state index in [9.17, 15) is 8.42 Å². The van der Waals surface area contributed by atoms with Gasteiger partial charge in [0.1, 0.15) is 0 Å². The minimum atomic E-state index is -3.50. The maximum atomic E-state index is 12.7. The molecule has 0 radical (unpaired) electrons. The fourth-order valence-corrected chi connectivity index (χ4v) is 4.90. The van der Waals surface area contributed by atoms with E-state index in [0.29, 0.717) is 22.1 Å². The van der Waals surface area contributed by atoms with Crippen LogP contribution < -0.4 is 10.5 Å². The van der Waals surface area contributed by atoms with Crippen LogP contribution in [0.5, 0.6) is 0 Å². The van der Waals surface area contributed by atoms with Gasteiger partial charge in [-0.2, -0.15) is 0 Å².